The number of aliphatic hydroxyl groups is 1. The molecule has 0 bridgehead atoms. The van der Waals surface area contributed by atoms with Gasteiger partial charge >= 0.3 is 5.97 Å². The zero-order valence-electron chi connectivity index (χ0n) is 36.7. The standard InChI is InChI=1S/C42H63N11O11/c1-22(2)19-29-40(63)53-18-10-15-31(53)41(64)52-17-9-14-30(52)38(61)46-23(3)34(57)48-27(20-25-11-6-5-7-12-25)36(59)47-26(13-8-16-45-42(43)44)35(58)51-33(24(4)54)39(62)49-28(21-32(55)56)37(60)50-29/h5-7,11-12,22-24,26-31,33,54H,8-10,13-21H2,1-4H3,(H,46,61)(H,47,59)(H,48,57)(H,49,62)(H,50,60)(H,51,58)(H,55,56)(H4,43,44,45)/t23-,24-,26-,27-,28-,29-,30-,31+,33+/m0/s1. The maximum absolute atomic E-state index is 14.3. The molecule has 22 nitrogen and oxygen atoms in total. The van der Waals surface area contributed by atoms with E-state index in [0.29, 0.717) is 18.4 Å². The quantitative estimate of drug-likeness (QED) is 0.0607. The van der Waals surface area contributed by atoms with E-state index in [1.165, 1.54) is 23.6 Å². The van der Waals surface area contributed by atoms with Crippen molar-refractivity contribution in [3.05, 3.63) is 35.9 Å². The minimum atomic E-state index is -1.81. The average molecular weight is 898 g/mol. The highest BCUT2D eigenvalue weighted by atomic mass is 16.4. The van der Waals surface area contributed by atoms with Gasteiger partial charge in [-0.25, -0.2) is 0 Å². The highest BCUT2D eigenvalue weighted by molar-refractivity contribution is 6.00. The number of hydrogen-bond donors (Lipinski definition) is 10. The number of rotatable bonds is 11. The van der Waals surface area contributed by atoms with Crippen molar-refractivity contribution in [1.82, 2.24) is 41.7 Å². The van der Waals surface area contributed by atoms with E-state index in [1.807, 2.05) is 0 Å². The van der Waals surface area contributed by atoms with Crippen molar-refractivity contribution in [1.29, 1.82) is 0 Å². The van der Waals surface area contributed by atoms with Gasteiger partial charge in [0.1, 0.15) is 48.3 Å². The van der Waals surface area contributed by atoms with Crippen molar-refractivity contribution in [3.63, 3.8) is 0 Å². The van der Waals surface area contributed by atoms with Crippen LogP contribution in [-0.4, -0.2) is 153 Å². The third kappa shape index (κ3) is 14.1. The number of aliphatic imine (C=N–C) groups is 1. The minimum Gasteiger partial charge on any atom is -0.481 e. The Bertz CT molecular complexity index is 1910. The Kier molecular flexibility index (Phi) is 18.4. The molecule has 0 unspecified atom stereocenters. The van der Waals surface area contributed by atoms with Crippen LogP contribution in [0, 0.1) is 5.92 Å². The highest BCUT2D eigenvalue weighted by Gasteiger charge is 2.45. The van der Waals surface area contributed by atoms with Gasteiger partial charge in [-0.1, -0.05) is 44.2 Å². The van der Waals surface area contributed by atoms with Gasteiger partial charge in [0, 0.05) is 26.1 Å². The Morgan fingerprint density at radius 1 is 0.719 bits per heavy atom. The van der Waals surface area contributed by atoms with Crippen molar-refractivity contribution >= 4 is 59.2 Å². The second kappa shape index (κ2) is 23.4. The second-order valence-corrected chi connectivity index (χ2v) is 16.9. The Labute approximate surface area is 371 Å². The van der Waals surface area contributed by atoms with E-state index >= 15 is 0 Å². The molecule has 0 radical (unpaired) electrons. The lowest BCUT2D eigenvalue weighted by Crippen LogP contribution is -2.62. The van der Waals surface area contributed by atoms with Gasteiger partial charge in [-0.3, -0.25) is 48.1 Å². The van der Waals surface area contributed by atoms with E-state index in [1.54, 1.807) is 44.2 Å². The third-order valence-electron chi connectivity index (χ3n) is 11.3. The summed E-state index contributed by atoms with van der Waals surface area (Å²) >= 11 is 0. The summed E-state index contributed by atoms with van der Waals surface area (Å²) in [5.74, 6) is -8.41. The van der Waals surface area contributed by atoms with Crippen LogP contribution in [0.3, 0.4) is 0 Å². The number of benzene rings is 1. The summed E-state index contributed by atoms with van der Waals surface area (Å²) in [6.07, 6.45) is -1.14. The van der Waals surface area contributed by atoms with Gasteiger partial charge in [-0.05, 0) is 70.3 Å². The molecule has 0 saturated carbocycles. The number of nitrogens with two attached hydrogens (primary N) is 2. The summed E-state index contributed by atoms with van der Waals surface area (Å²) in [6, 6.07) is -2.18. The van der Waals surface area contributed by atoms with Gasteiger partial charge in [0.25, 0.3) is 0 Å². The lowest BCUT2D eigenvalue weighted by atomic mass is 10.0. The van der Waals surface area contributed by atoms with Crippen LogP contribution in [0.4, 0.5) is 0 Å². The molecule has 1 aromatic carbocycles. The van der Waals surface area contributed by atoms with Crippen LogP contribution in [-0.2, 0) is 49.6 Å². The zero-order valence-corrected chi connectivity index (χ0v) is 36.7. The average Bonchev–Trinajstić information content (AvgIpc) is 3.93. The van der Waals surface area contributed by atoms with E-state index in [9.17, 15) is 53.4 Å². The number of hydrogen-bond acceptors (Lipinski definition) is 11. The summed E-state index contributed by atoms with van der Waals surface area (Å²) in [7, 11) is 0. The lowest BCUT2D eigenvalue weighted by Gasteiger charge is -2.34. The van der Waals surface area contributed by atoms with Crippen LogP contribution in [0.15, 0.2) is 35.3 Å². The van der Waals surface area contributed by atoms with Crippen LogP contribution < -0.4 is 43.4 Å². The molecule has 4 rings (SSSR count). The van der Waals surface area contributed by atoms with Crippen LogP contribution in [0.5, 0.6) is 0 Å². The number of aliphatic carboxylic acids is 1. The first-order chi connectivity index (χ1) is 30.3. The Morgan fingerprint density at radius 3 is 1.89 bits per heavy atom. The first-order valence-corrected chi connectivity index (χ1v) is 21.7. The van der Waals surface area contributed by atoms with Gasteiger partial charge in [0.05, 0.1) is 12.5 Å². The number of fused-ring (bicyclic) bond motifs is 2. The van der Waals surface area contributed by atoms with Crippen molar-refractivity contribution < 1.29 is 53.4 Å². The van der Waals surface area contributed by atoms with E-state index < -0.39 is 114 Å². The first kappa shape index (κ1) is 50.3. The maximum Gasteiger partial charge on any atom is 0.305 e. The van der Waals surface area contributed by atoms with Crippen molar-refractivity contribution in [2.75, 3.05) is 19.6 Å². The molecule has 3 aliphatic heterocycles. The molecule has 3 fully saturated rings. The van der Waals surface area contributed by atoms with E-state index in [0.717, 1.165) is 0 Å². The van der Waals surface area contributed by atoms with Crippen LogP contribution in [0.25, 0.3) is 0 Å². The smallest absolute Gasteiger partial charge is 0.305 e. The fourth-order valence-electron chi connectivity index (χ4n) is 8.03. The Morgan fingerprint density at radius 2 is 1.28 bits per heavy atom. The first-order valence-electron chi connectivity index (χ1n) is 21.7. The summed E-state index contributed by atoms with van der Waals surface area (Å²) in [5.41, 5.74) is 11.6. The Balaban J connectivity index is 1.76. The fourth-order valence-corrected chi connectivity index (χ4v) is 8.03. The van der Waals surface area contributed by atoms with Crippen molar-refractivity contribution in [2.24, 2.45) is 22.4 Å². The molecule has 1 aromatic rings. The molecule has 9 atom stereocenters. The summed E-state index contributed by atoms with van der Waals surface area (Å²) in [6.45, 7) is 6.54. The zero-order chi connectivity index (χ0) is 47.2. The predicted octanol–water partition coefficient (Wildman–Crippen LogP) is -2.89. The SMILES string of the molecule is CC(C)C[C@@H]1NC(=O)[C@H](CC(=O)O)NC(=O)[C@@H]([C@H](C)O)NC(=O)[C@H](CCCN=C(N)N)NC(=O)[C@H](Cc2ccccc2)NC(=O)[C@H](C)NC(=O)[C@@H]2CCCN2C(=O)[C@H]2CCCN2C1=O. The fraction of sp³-hybridized carbons (Fsp3) is 0.619. The van der Waals surface area contributed by atoms with Crippen LogP contribution >= 0.6 is 0 Å². The largest absolute Gasteiger partial charge is 0.481 e. The third-order valence-corrected chi connectivity index (χ3v) is 11.3. The summed E-state index contributed by atoms with van der Waals surface area (Å²) < 4.78 is 0. The molecule has 3 heterocycles. The minimum absolute atomic E-state index is 0.0262. The number of aliphatic hydroxyl groups excluding tert-OH is 1. The number of nitrogens with one attached hydrogen (secondary N) is 6. The number of carboxylic acids is 1. The lowest BCUT2D eigenvalue weighted by molar-refractivity contribution is -0.148. The molecule has 3 saturated heterocycles. The molecule has 22 heteroatoms. The molecular formula is C42H63N11O11. The van der Waals surface area contributed by atoms with Crippen molar-refractivity contribution in [3.8, 4) is 0 Å². The molecular weight excluding hydrogens is 835 g/mol. The maximum atomic E-state index is 14.3. The number of carbonyl (C=O) groups is 9. The van der Waals surface area contributed by atoms with Gasteiger partial charge in [-0.15, -0.1) is 0 Å². The van der Waals surface area contributed by atoms with Gasteiger partial charge in [0.15, 0.2) is 5.96 Å². The predicted molar refractivity (Wildman–Crippen MR) is 230 cm³/mol. The van der Waals surface area contributed by atoms with E-state index in [2.05, 4.69) is 36.9 Å². The topological polar surface area (TPSA) is 337 Å². The second-order valence-electron chi connectivity index (χ2n) is 16.9. The summed E-state index contributed by atoms with van der Waals surface area (Å²) in [4.78, 5) is 131. The van der Waals surface area contributed by atoms with E-state index in [-0.39, 0.29) is 70.0 Å². The van der Waals surface area contributed by atoms with Gasteiger partial charge in [0.2, 0.25) is 47.3 Å². The molecule has 8 amide bonds. The number of guanidine groups is 1. The monoisotopic (exact) mass is 897 g/mol. The van der Waals surface area contributed by atoms with Crippen LogP contribution in [0.2, 0.25) is 0 Å². The van der Waals surface area contributed by atoms with Crippen LogP contribution in [0.1, 0.15) is 84.6 Å². The molecule has 352 valence electrons. The molecule has 64 heavy (non-hydrogen) atoms. The normalized spacial score (nSPS) is 27.5. The molecule has 3 aliphatic rings. The number of carboxylic acid groups (broad SMARTS) is 1. The van der Waals surface area contributed by atoms with E-state index in [4.69, 9.17) is 11.5 Å². The number of carbonyl (C=O) groups excluding carboxylic acids is 8. The Hall–Kier alpha value is -6.32. The van der Waals surface area contributed by atoms with Gasteiger partial charge < -0.3 is 63.4 Å². The number of nitrogens with zero attached hydrogens (tertiary/aromatic N) is 3. The number of amides is 8. The van der Waals surface area contributed by atoms with Crippen molar-refractivity contribution in [2.45, 2.75) is 140 Å². The summed E-state index contributed by atoms with van der Waals surface area (Å²) in [5, 5.41) is 35.7. The molecule has 0 aliphatic carbocycles. The molecule has 12 N–H and O–H groups in total. The molecule has 0 aromatic heterocycles. The molecule has 0 spiro atoms. The van der Waals surface area contributed by atoms with Gasteiger partial charge in [-0.2, -0.15) is 0 Å². The highest BCUT2D eigenvalue weighted by Crippen LogP contribution is 2.26.